The molecule has 0 spiro atoms. The fraction of sp³-hybridized carbons (Fsp3) is 0.304. The van der Waals surface area contributed by atoms with E-state index in [1.807, 2.05) is 25.7 Å². The summed E-state index contributed by atoms with van der Waals surface area (Å²) in [6.07, 6.45) is 0. The van der Waals surface area contributed by atoms with Gasteiger partial charge in [-0.1, -0.05) is 0 Å². The Morgan fingerprint density at radius 2 is 1.70 bits per heavy atom. The number of hydrogen-bond donors (Lipinski definition) is 1. The minimum absolute atomic E-state index is 0.494. The molecular weight excluding hydrogens is 544 g/mol. The SMILES string of the molecule is C=NC(=N[C](=[W])N(C)c1cc2c(cc1C)c(C)nn2C)Nc1cc(C)c(C)cc1C. The number of aliphatic imine (C=N–C) groups is 2. The molecule has 0 radical (unpaired) electrons. The monoisotopic (exact) mass is 572 g/mol. The molecular formula is C23H28N6W. The molecule has 1 aromatic heterocycles. The van der Waals surface area contributed by atoms with Crippen molar-refractivity contribution in [2.45, 2.75) is 34.6 Å². The molecule has 0 saturated carbocycles. The molecule has 0 aliphatic carbocycles. The van der Waals surface area contributed by atoms with E-state index in [0.29, 0.717) is 5.96 Å². The number of nitrogens with one attached hydrogen (secondary N) is 1. The Hall–Kier alpha value is -2.59. The number of nitrogens with zero attached hydrogens (tertiary/aromatic N) is 5. The van der Waals surface area contributed by atoms with E-state index in [4.69, 9.17) is 4.99 Å². The first-order chi connectivity index (χ1) is 14.1. The Morgan fingerprint density at radius 3 is 2.37 bits per heavy atom. The summed E-state index contributed by atoms with van der Waals surface area (Å²) < 4.78 is 2.82. The summed E-state index contributed by atoms with van der Waals surface area (Å²) >= 11 is 1.24. The number of aromatic nitrogens is 2. The van der Waals surface area contributed by atoms with Crippen LogP contribution in [-0.4, -0.2) is 33.7 Å². The van der Waals surface area contributed by atoms with Crippen LogP contribution in [0.4, 0.5) is 11.4 Å². The van der Waals surface area contributed by atoms with Gasteiger partial charge in [0.25, 0.3) is 0 Å². The molecule has 0 unspecified atom stereocenters. The second-order valence-corrected chi connectivity index (χ2v) is 8.99. The van der Waals surface area contributed by atoms with E-state index in [1.54, 1.807) is 0 Å². The first-order valence-corrected chi connectivity index (χ1v) is 11.2. The van der Waals surface area contributed by atoms with Crippen molar-refractivity contribution < 1.29 is 19.4 Å². The van der Waals surface area contributed by atoms with E-state index < -0.39 is 0 Å². The summed E-state index contributed by atoms with van der Waals surface area (Å²) in [5.74, 6) is 0.494. The predicted octanol–water partition coefficient (Wildman–Crippen LogP) is 4.35. The molecule has 0 bridgehead atoms. The molecule has 6 nitrogen and oxygen atoms in total. The van der Waals surface area contributed by atoms with Crippen molar-refractivity contribution in [1.29, 1.82) is 0 Å². The van der Waals surface area contributed by atoms with Crippen molar-refractivity contribution in [3.05, 3.63) is 52.2 Å². The maximum atomic E-state index is 4.74. The number of benzene rings is 2. The van der Waals surface area contributed by atoms with Crippen molar-refractivity contribution >= 4 is 39.1 Å². The second-order valence-electron chi connectivity index (χ2n) is 7.68. The molecule has 156 valence electrons. The summed E-state index contributed by atoms with van der Waals surface area (Å²) in [7, 11) is 4.01. The van der Waals surface area contributed by atoms with Crippen molar-refractivity contribution in [3.8, 4) is 0 Å². The number of guanidine groups is 1. The first kappa shape index (κ1) is 22.1. The van der Waals surface area contributed by atoms with Gasteiger partial charge >= 0.3 is 189 Å². The summed E-state index contributed by atoms with van der Waals surface area (Å²) in [6, 6.07) is 8.66. The third-order valence-electron chi connectivity index (χ3n) is 5.44. The van der Waals surface area contributed by atoms with Crippen molar-refractivity contribution in [1.82, 2.24) is 9.78 Å². The molecule has 0 atom stereocenters. The fourth-order valence-corrected chi connectivity index (χ4v) is 4.19. The van der Waals surface area contributed by atoms with E-state index in [9.17, 15) is 0 Å². The van der Waals surface area contributed by atoms with Crippen LogP contribution in [0.3, 0.4) is 0 Å². The van der Waals surface area contributed by atoms with Gasteiger partial charge in [-0.2, -0.15) is 0 Å². The van der Waals surface area contributed by atoms with E-state index >= 15 is 0 Å². The van der Waals surface area contributed by atoms with Crippen LogP contribution in [0.15, 0.2) is 34.3 Å². The normalized spacial score (nSPS) is 11.6. The quantitative estimate of drug-likeness (QED) is 0.374. The van der Waals surface area contributed by atoms with Gasteiger partial charge in [0.1, 0.15) is 0 Å². The standard InChI is InChI=1S/C23H28N6.W/c1-14-9-16(3)20(11-15(14)2)26-23(24-6)25-13-28(7)21-12-22-19(10-17(21)4)18(5)27-29(22)8;/h9-12H,6H2,1-5,7-8H3,(H,25,26);. The molecule has 3 aromatic rings. The molecule has 7 heteroatoms. The summed E-state index contributed by atoms with van der Waals surface area (Å²) in [6.45, 7) is 14.2. The Morgan fingerprint density at radius 1 is 1.03 bits per heavy atom. The molecule has 3 rings (SSSR count). The molecule has 0 aliphatic rings. The summed E-state index contributed by atoms with van der Waals surface area (Å²) in [5, 5.41) is 9.06. The van der Waals surface area contributed by atoms with Crippen LogP contribution in [0.2, 0.25) is 0 Å². The Bertz CT molecular complexity index is 1190. The topological polar surface area (TPSA) is 57.8 Å². The molecule has 1 heterocycles. The Balaban J connectivity index is 1.91. The third-order valence-corrected chi connectivity index (χ3v) is 6.75. The van der Waals surface area contributed by atoms with Gasteiger partial charge in [0.2, 0.25) is 0 Å². The van der Waals surface area contributed by atoms with Crippen molar-refractivity contribution in [2.75, 3.05) is 17.3 Å². The average molecular weight is 572 g/mol. The number of anilines is 2. The van der Waals surface area contributed by atoms with Crippen LogP contribution in [0, 0.1) is 34.6 Å². The van der Waals surface area contributed by atoms with E-state index in [2.05, 4.69) is 79.0 Å². The molecule has 2 aromatic carbocycles. The first-order valence-electron chi connectivity index (χ1n) is 9.74. The van der Waals surface area contributed by atoms with E-state index in [-0.39, 0.29) is 0 Å². The van der Waals surface area contributed by atoms with Gasteiger partial charge in [-0.05, 0) is 0 Å². The van der Waals surface area contributed by atoms with Crippen LogP contribution in [-0.2, 0) is 26.4 Å². The summed E-state index contributed by atoms with van der Waals surface area (Å²) in [4.78, 5) is 11.0. The number of aryl methyl sites for hydroxylation is 6. The van der Waals surface area contributed by atoms with E-state index in [1.165, 1.54) is 41.4 Å². The summed E-state index contributed by atoms with van der Waals surface area (Å²) in [5.41, 5.74) is 9.08. The third kappa shape index (κ3) is 4.29. The number of fused-ring (bicyclic) bond motifs is 1. The van der Waals surface area contributed by atoms with Crippen LogP contribution >= 0.6 is 0 Å². The maximum absolute atomic E-state index is 4.74. The van der Waals surface area contributed by atoms with Gasteiger partial charge in [-0.15, -0.1) is 0 Å². The van der Waals surface area contributed by atoms with Gasteiger partial charge in [-0.3, -0.25) is 0 Å². The zero-order valence-electron chi connectivity index (χ0n) is 18.7. The predicted molar refractivity (Wildman–Crippen MR) is 125 cm³/mol. The molecule has 0 fully saturated rings. The molecule has 1 N–H and O–H groups in total. The number of hydrogen-bond acceptors (Lipinski definition) is 3. The van der Waals surface area contributed by atoms with Gasteiger partial charge in [0, 0.05) is 0 Å². The molecule has 30 heavy (non-hydrogen) atoms. The Kier molecular flexibility index (Phi) is 6.37. The van der Waals surface area contributed by atoms with Crippen molar-refractivity contribution in [3.63, 3.8) is 0 Å². The van der Waals surface area contributed by atoms with Gasteiger partial charge in [-0.25, -0.2) is 0 Å². The molecule has 0 aliphatic heterocycles. The van der Waals surface area contributed by atoms with Crippen molar-refractivity contribution in [2.24, 2.45) is 17.0 Å². The zero-order valence-corrected chi connectivity index (χ0v) is 21.6. The second kappa shape index (κ2) is 8.64. The number of rotatable bonds is 4. The van der Waals surface area contributed by atoms with Crippen LogP contribution in [0.25, 0.3) is 10.9 Å². The molecule has 0 amide bonds. The minimum atomic E-state index is 0.494. The van der Waals surface area contributed by atoms with Gasteiger partial charge in [0.05, 0.1) is 0 Å². The zero-order chi connectivity index (χ0) is 22.2. The Labute approximate surface area is 189 Å². The van der Waals surface area contributed by atoms with Crippen LogP contribution in [0.1, 0.15) is 27.9 Å². The van der Waals surface area contributed by atoms with E-state index in [0.717, 1.165) is 32.3 Å². The van der Waals surface area contributed by atoms with Crippen LogP contribution < -0.4 is 10.2 Å². The molecule has 0 saturated heterocycles. The van der Waals surface area contributed by atoms with Gasteiger partial charge < -0.3 is 0 Å². The van der Waals surface area contributed by atoms with Crippen LogP contribution in [0.5, 0.6) is 0 Å². The fourth-order valence-electron chi connectivity index (χ4n) is 3.52. The van der Waals surface area contributed by atoms with Gasteiger partial charge in [0.15, 0.2) is 0 Å². The average Bonchev–Trinajstić information content (AvgIpc) is 2.96.